The van der Waals surface area contributed by atoms with Crippen molar-refractivity contribution < 1.29 is 9.18 Å². The van der Waals surface area contributed by atoms with Gasteiger partial charge in [0.1, 0.15) is 11.5 Å². The fourth-order valence-electron chi connectivity index (χ4n) is 2.41. The van der Waals surface area contributed by atoms with E-state index in [1.54, 1.807) is 18.2 Å². The molecule has 27 heavy (non-hydrogen) atoms. The van der Waals surface area contributed by atoms with E-state index in [1.807, 2.05) is 44.2 Å². The Morgan fingerprint density at radius 3 is 2.33 bits per heavy atom. The highest BCUT2D eigenvalue weighted by molar-refractivity contribution is 6.01. The molecule has 0 atom stereocenters. The number of nitrogens with zero attached hydrogens (tertiary/aromatic N) is 2. The number of hydrogen-bond acceptors (Lipinski definition) is 3. The average Bonchev–Trinajstić information content (AvgIpc) is 2.62. The van der Waals surface area contributed by atoms with Crippen LogP contribution in [0, 0.1) is 19.7 Å². The Morgan fingerprint density at radius 1 is 0.852 bits per heavy atom. The van der Waals surface area contributed by atoms with E-state index in [-0.39, 0.29) is 0 Å². The van der Waals surface area contributed by atoms with E-state index < -0.39 is 11.8 Å². The zero-order valence-electron chi connectivity index (χ0n) is 15.0. The van der Waals surface area contributed by atoms with Crippen molar-refractivity contribution in [3.05, 3.63) is 83.7 Å². The number of rotatable bonds is 4. The molecule has 0 spiro atoms. The van der Waals surface area contributed by atoms with Crippen molar-refractivity contribution >= 4 is 28.8 Å². The van der Waals surface area contributed by atoms with E-state index in [0.29, 0.717) is 17.1 Å². The van der Waals surface area contributed by atoms with Gasteiger partial charge in [-0.15, -0.1) is 5.11 Å². The van der Waals surface area contributed by atoms with Crippen molar-refractivity contribution in [2.45, 2.75) is 13.8 Å². The molecule has 2 N–H and O–H groups in total. The molecule has 136 valence electrons. The number of aryl methyl sites for hydroxylation is 2. The Labute approximate surface area is 157 Å². The highest BCUT2D eigenvalue weighted by Gasteiger charge is 2.08. The number of halogens is 1. The van der Waals surface area contributed by atoms with E-state index in [9.17, 15) is 9.18 Å². The number of carbonyl (C=O) groups is 1. The van der Waals surface area contributed by atoms with E-state index in [1.165, 1.54) is 18.2 Å². The minimum absolute atomic E-state index is 0.364. The van der Waals surface area contributed by atoms with Gasteiger partial charge in [-0.3, -0.25) is 0 Å². The molecule has 0 aromatic heterocycles. The van der Waals surface area contributed by atoms with Gasteiger partial charge in [0.15, 0.2) is 0 Å². The van der Waals surface area contributed by atoms with Crippen LogP contribution < -0.4 is 10.6 Å². The minimum Gasteiger partial charge on any atom is -0.308 e. The van der Waals surface area contributed by atoms with Crippen molar-refractivity contribution in [3.8, 4) is 0 Å². The largest absolute Gasteiger partial charge is 0.323 e. The molecule has 0 aliphatic heterocycles. The fraction of sp³-hybridized carbons (Fsp3) is 0.0952. The number of benzene rings is 3. The smallest absolute Gasteiger partial charge is 0.308 e. The molecule has 5 nitrogen and oxygen atoms in total. The first-order valence-electron chi connectivity index (χ1n) is 8.42. The summed E-state index contributed by atoms with van der Waals surface area (Å²) in [4.78, 5) is 12.3. The highest BCUT2D eigenvalue weighted by atomic mass is 19.1. The first kappa shape index (κ1) is 18.3. The molecule has 0 fully saturated rings. The van der Waals surface area contributed by atoms with E-state index in [2.05, 4.69) is 20.9 Å². The van der Waals surface area contributed by atoms with Gasteiger partial charge in [0.25, 0.3) is 0 Å². The zero-order chi connectivity index (χ0) is 19.2. The third kappa shape index (κ3) is 5.22. The third-order valence-electron chi connectivity index (χ3n) is 3.79. The van der Waals surface area contributed by atoms with Crippen LogP contribution in [0.3, 0.4) is 0 Å². The third-order valence-corrected chi connectivity index (χ3v) is 3.79. The van der Waals surface area contributed by atoms with Crippen LogP contribution in [-0.2, 0) is 0 Å². The summed E-state index contributed by atoms with van der Waals surface area (Å²) in [5.41, 5.74) is 4.22. The standard InChI is InChI=1S/C21H19FN4O/c1-14-6-9-17(10-7-14)25-26-19-11-8-15(2)12-20(19)24-21(27)23-18-5-3-4-16(22)13-18/h3-13H,1-2H3,(H2,23,24,27). The maximum absolute atomic E-state index is 13.2. The van der Waals surface area contributed by atoms with Gasteiger partial charge >= 0.3 is 6.03 Å². The van der Waals surface area contributed by atoms with Crippen LogP contribution in [0.2, 0.25) is 0 Å². The lowest BCUT2D eigenvalue weighted by molar-refractivity contribution is 0.262. The molecular weight excluding hydrogens is 343 g/mol. The van der Waals surface area contributed by atoms with Gasteiger partial charge in [-0.1, -0.05) is 29.8 Å². The lowest BCUT2D eigenvalue weighted by Gasteiger charge is -2.10. The van der Waals surface area contributed by atoms with Gasteiger partial charge in [0.2, 0.25) is 0 Å². The summed E-state index contributed by atoms with van der Waals surface area (Å²) in [5.74, 6) is -0.420. The fourth-order valence-corrected chi connectivity index (χ4v) is 2.41. The van der Waals surface area contributed by atoms with Crippen molar-refractivity contribution in [1.82, 2.24) is 0 Å². The zero-order valence-corrected chi connectivity index (χ0v) is 15.0. The van der Waals surface area contributed by atoms with Crippen LogP contribution in [0.5, 0.6) is 0 Å². The van der Waals surface area contributed by atoms with Crippen LogP contribution in [0.4, 0.5) is 31.9 Å². The van der Waals surface area contributed by atoms with Gasteiger partial charge in [0.05, 0.1) is 11.4 Å². The molecule has 6 heteroatoms. The second-order valence-electron chi connectivity index (χ2n) is 6.15. The molecule has 2 amide bonds. The second-order valence-corrected chi connectivity index (χ2v) is 6.15. The number of carbonyl (C=O) groups excluding carboxylic acids is 1. The molecule has 3 aromatic carbocycles. The predicted molar refractivity (Wildman–Crippen MR) is 106 cm³/mol. The molecule has 0 bridgehead atoms. The number of nitrogens with one attached hydrogen (secondary N) is 2. The van der Waals surface area contributed by atoms with Crippen LogP contribution in [-0.4, -0.2) is 6.03 Å². The van der Waals surface area contributed by atoms with Gasteiger partial charge in [-0.05, 0) is 61.9 Å². The molecule has 3 aromatic rings. The maximum atomic E-state index is 13.2. The molecule has 0 aliphatic carbocycles. The summed E-state index contributed by atoms with van der Waals surface area (Å²) in [6.07, 6.45) is 0. The Morgan fingerprint density at radius 2 is 1.59 bits per heavy atom. The van der Waals surface area contributed by atoms with E-state index >= 15 is 0 Å². The molecule has 0 radical (unpaired) electrons. The normalized spacial score (nSPS) is 10.8. The second kappa shape index (κ2) is 8.23. The first-order valence-corrected chi connectivity index (χ1v) is 8.42. The average molecular weight is 362 g/mol. The topological polar surface area (TPSA) is 65.8 Å². The van der Waals surface area contributed by atoms with E-state index in [0.717, 1.165) is 16.8 Å². The van der Waals surface area contributed by atoms with Crippen LogP contribution in [0.1, 0.15) is 11.1 Å². The first-order chi connectivity index (χ1) is 13.0. The number of urea groups is 1. The number of azo groups is 1. The molecule has 0 unspecified atom stereocenters. The monoisotopic (exact) mass is 362 g/mol. The van der Waals surface area contributed by atoms with Crippen molar-refractivity contribution in [2.75, 3.05) is 10.6 Å². The quantitative estimate of drug-likeness (QED) is 0.511. The lowest BCUT2D eigenvalue weighted by Crippen LogP contribution is -2.19. The number of amides is 2. The number of anilines is 2. The van der Waals surface area contributed by atoms with Crippen molar-refractivity contribution in [3.63, 3.8) is 0 Å². The summed E-state index contributed by atoms with van der Waals surface area (Å²) in [6, 6.07) is 18.3. The minimum atomic E-state index is -0.488. The van der Waals surface area contributed by atoms with Crippen molar-refractivity contribution in [2.24, 2.45) is 10.2 Å². The summed E-state index contributed by atoms with van der Waals surface area (Å²) in [5, 5.41) is 13.8. The Hall–Kier alpha value is -3.54. The van der Waals surface area contributed by atoms with Gasteiger partial charge in [-0.25, -0.2) is 9.18 Å². The van der Waals surface area contributed by atoms with E-state index in [4.69, 9.17) is 0 Å². The Kier molecular flexibility index (Phi) is 5.56. The summed E-state index contributed by atoms with van der Waals surface area (Å²) in [6.45, 7) is 3.91. The van der Waals surface area contributed by atoms with Crippen LogP contribution in [0.25, 0.3) is 0 Å². The summed E-state index contributed by atoms with van der Waals surface area (Å²) in [7, 11) is 0. The van der Waals surface area contributed by atoms with Crippen molar-refractivity contribution in [1.29, 1.82) is 0 Å². The summed E-state index contributed by atoms with van der Waals surface area (Å²) >= 11 is 0. The molecule has 0 heterocycles. The summed E-state index contributed by atoms with van der Waals surface area (Å²) < 4.78 is 13.2. The van der Waals surface area contributed by atoms with Gasteiger partial charge < -0.3 is 10.6 Å². The predicted octanol–water partition coefficient (Wildman–Crippen LogP) is 6.50. The SMILES string of the molecule is Cc1ccc(N=Nc2ccc(C)cc2NC(=O)Nc2cccc(F)c2)cc1. The van der Waals surface area contributed by atoms with Crippen LogP contribution >= 0.6 is 0 Å². The molecule has 0 saturated heterocycles. The molecule has 0 aliphatic rings. The Balaban J connectivity index is 1.77. The number of hydrogen-bond donors (Lipinski definition) is 2. The Bertz CT molecular complexity index is 984. The lowest BCUT2D eigenvalue weighted by atomic mass is 10.2. The highest BCUT2D eigenvalue weighted by Crippen LogP contribution is 2.28. The van der Waals surface area contributed by atoms with Gasteiger partial charge in [-0.2, -0.15) is 5.11 Å². The maximum Gasteiger partial charge on any atom is 0.323 e. The molecule has 3 rings (SSSR count). The van der Waals surface area contributed by atoms with Gasteiger partial charge in [0, 0.05) is 5.69 Å². The van der Waals surface area contributed by atoms with Crippen LogP contribution in [0.15, 0.2) is 77.0 Å². The molecular formula is C21H19FN4O. The molecule has 0 saturated carbocycles.